The summed E-state index contributed by atoms with van der Waals surface area (Å²) in [5, 5.41) is 1.20. The van der Waals surface area contributed by atoms with Gasteiger partial charge in [-0.2, -0.15) is 0 Å². The van der Waals surface area contributed by atoms with Gasteiger partial charge in [-0.25, -0.2) is 5.06 Å². The second-order valence-corrected chi connectivity index (χ2v) is 3.92. The number of hydrogen-bond acceptors (Lipinski definition) is 4. The molecule has 0 fully saturated rings. The standard InChI is InChI=1S/C8H15NO3S/c1-6(5-13-7(2)10)8(11)9(3)12-4/h6H,5H2,1-4H3/t6-/m1/s1. The molecule has 0 spiro atoms. The van der Waals surface area contributed by atoms with Crippen LogP contribution in [0.2, 0.25) is 0 Å². The zero-order chi connectivity index (χ0) is 10.4. The summed E-state index contributed by atoms with van der Waals surface area (Å²) in [6.07, 6.45) is 0. The maximum atomic E-state index is 11.4. The van der Waals surface area contributed by atoms with E-state index in [0.29, 0.717) is 5.75 Å². The minimum absolute atomic E-state index is 0.0275. The summed E-state index contributed by atoms with van der Waals surface area (Å²) in [6.45, 7) is 3.26. The topological polar surface area (TPSA) is 46.6 Å². The molecule has 0 aromatic rings. The molecule has 76 valence electrons. The van der Waals surface area contributed by atoms with Gasteiger partial charge < -0.3 is 0 Å². The van der Waals surface area contributed by atoms with Gasteiger partial charge in [-0.3, -0.25) is 14.4 Å². The molecule has 13 heavy (non-hydrogen) atoms. The van der Waals surface area contributed by atoms with Crippen LogP contribution in [-0.4, -0.2) is 36.0 Å². The lowest BCUT2D eigenvalue weighted by Gasteiger charge is -2.17. The van der Waals surface area contributed by atoms with Gasteiger partial charge >= 0.3 is 0 Å². The van der Waals surface area contributed by atoms with Crippen LogP contribution in [0, 0.1) is 5.92 Å². The number of amides is 1. The fourth-order valence-electron chi connectivity index (χ4n) is 0.714. The van der Waals surface area contributed by atoms with E-state index < -0.39 is 0 Å². The number of hydroxylamine groups is 2. The van der Waals surface area contributed by atoms with Crippen molar-refractivity contribution in [1.82, 2.24) is 5.06 Å². The van der Waals surface area contributed by atoms with Crippen molar-refractivity contribution in [3.8, 4) is 0 Å². The smallest absolute Gasteiger partial charge is 0.249 e. The lowest BCUT2D eigenvalue weighted by molar-refractivity contribution is -0.172. The largest absolute Gasteiger partial charge is 0.288 e. The van der Waals surface area contributed by atoms with E-state index in [0.717, 1.165) is 11.8 Å². The van der Waals surface area contributed by atoms with E-state index in [1.165, 1.54) is 19.1 Å². The molecule has 0 unspecified atom stereocenters. The molecule has 0 aliphatic carbocycles. The van der Waals surface area contributed by atoms with Crippen molar-refractivity contribution in [2.75, 3.05) is 19.9 Å². The van der Waals surface area contributed by atoms with Gasteiger partial charge in [-0.1, -0.05) is 18.7 Å². The number of carbonyl (C=O) groups is 2. The fourth-order valence-corrected chi connectivity index (χ4v) is 1.34. The van der Waals surface area contributed by atoms with Crippen LogP contribution in [-0.2, 0) is 14.4 Å². The summed E-state index contributed by atoms with van der Waals surface area (Å²) in [5.41, 5.74) is 0. The third-order valence-corrected chi connectivity index (χ3v) is 2.62. The fraction of sp³-hybridized carbons (Fsp3) is 0.750. The minimum atomic E-state index is -0.196. The Morgan fingerprint density at radius 2 is 2.08 bits per heavy atom. The third kappa shape index (κ3) is 4.90. The molecule has 0 aliphatic heterocycles. The molecule has 0 heterocycles. The Morgan fingerprint density at radius 3 is 2.46 bits per heavy atom. The van der Waals surface area contributed by atoms with Gasteiger partial charge in [0, 0.05) is 25.6 Å². The zero-order valence-electron chi connectivity index (χ0n) is 8.36. The Labute approximate surface area is 82.6 Å². The molecular formula is C8H15NO3S. The Morgan fingerprint density at radius 1 is 1.54 bits per heavy atom. The number of thioether (sulfide) groups is 1. The molecule has 0 saturated heterocycles. The van der Waals surface area contributed by atoms with Gasteiger partial charge in [0.1, 0.15) is 0 Å². The summed E-state index contributed by atoms with van der Waals surface area (Å²) in [7, 11) is 2.99. The van der Waals surface area contributed by atoms with Gasteiger partial charge in [-0.15, -0.1) is 0 Å². The van der Waals surface area contributed by atoms with Crippen molar-refractivity contribution in [3.05, 3.63) is 0 Å². The Kier molecular flexibility index (Phi) is 5.73. The van der Waals surface area contributed by atoms with Crippen LogP contribution in [0.5, 0.6) is 0 Å². The molecule has 0 bridgehead atoms. The van der Waals surface area contributed by atoms with Crippen molar-refractivity contribution in [3.63, 3.8) is 0 Å². The van der Waals surface area contributed by atoms with Gasteiger partial charge in [0.15, 0.2) is 5.12 Å². The van der Waals surface area contributed by atoms with Crippen molar-refractivity contribution in [1.29, 1.82) is 0 Å². The molecule has 0 aromatic heterocycles. The Hall–Kier alpha value is -0.550. The van der Waals surface area contributed by atoms with E-state index in [-0.39, 0.29) is 16.9 Å². The molecule has 0 aliphatic rings. The van der Waals surface area contributed by atoms with E-state index in [1.807, 2.05) is 0 Å². The maximum absolute atomic E-state index is 11.4. The lowest BCUT2D eigenvalue weighted by atomic mass is 10.2. The normalized spacial score (nSPS) is 12.3. The van der Waals surface area contributed by atoms with E-state index >= 15 is 0 Å². The summed E-state index contributed by atoms with van der Waals surface area (Å²) < 4.78 is 0. The molecule has 1 amide bonds. The van der Waals surface area contributed by atoms with Crippen molar-refractivity contribution < 1.29 is 14.4 Å². The second kappa shape index (κ2) is 5.99. The highest BCUT2D eigenvalue weighted by molar-refractivity contribution is 8.13. The monoisotopic (exact) mass is 205 g/mol. The molecule has 0 rings (SSSR count). The molecule has 5 heteroatoms. The van der Waals surface area contributed by atoms with Gasteiger partial charge in [0.05, 0.1) is 7.11 Å². The number of hydrogen-bond donors (Lipinski definition) is 0. The van der Waals surface area contributed by atoms with E-state index in [2.05, 4.69) is 0 Å². The Bertz CT molecular complexity index is 196. The number of carbonyl (C=O) groups excluding carboxylic acids is 2. The summed E-state index contributed by atoms with van der Waals surface area (Å²) in [5.74, 6) is 0.192. The predicted molar refractivity (Wildman–Crippen MR) is 52.1 cm³/mol. The number of nitrogens with zero attached hydrogens (tertiary/aromatic N) is 1. The van der Waals surface area contributed by atoms with Gasteiger partial charge in [0.25, 0.3) is 0 Å². The average molecular weight is 205 g/mol. The van der Waals surface area contributed by atoms with Crippen molar-refractivity contribution >= 4 is 22.8 Å². The molecule has 0 radical (unpaired) electrons. The second-order valence-electron chi connectivity index (χ2n) is 2.72. The quantitative estimate of drug-likeness (QED) is 0.640. The molecular weight excluding hydrogens is 190 g/mol. The van der Waals surface area contributed by atoms with Crippen LogP contribution in [0.3, 0.4) is 0 Å². The first-order valence-electron chi connectivity index (χ1n) is 3.94. The van der Waals surface area contributed by atoms with Crippen LogP contribution < -0.4 is 0 Å². The molecule has 1 atom stereocenters. The molecule has 0 aromatic carbocycles. The van der Waals surface area contributed by atoms with Crippen molar-refractivity contribution in [2.45, 2.75) is 13.8 Å². The van der Waals surface area contributed by atoms with Gasteiger partial charge in [0.2, 0.25) is 5.91 Å². The Balaban J connectivity index is 3.89. The summed E-state index contributed by atoms with van der Waals surface area (Å²) >= 11 is 1.15. The average Bonchev–Trinajstić information content (AvgIpc) is 2.11. The van der Waals surface area contributed by atoms with Gasteiger partial charge in [-0.05, 0) is 0 Å². The highest BCUT2D eigenvalue weighted by Crippen LogP contribution is 2.11. The summed E-state index contributed by atoms with van der Waals surface area (Å²) in [4.78, 5) is 26.7. The van der Waals surface area contributed by atoms with Crippen LogP contribution >= 0.6 is 11.8 Å². The SMILES string of the molecule is CON(C)C(=O)[C@H](C)CSC(C)=O. The molecule has 4 nitrogen and oxygen atoms in total. The first-order valence-corrected chi connectivity index (χ1v) is 4.92. The highest BCUT2D eigenvalue weighted by atomic mass is 32.2. The highest BCUT2D eigenvalue weighted by Gasteiger charge is 2.17. The maximum Gasteiger partial charge on any atom is 0.249 e. The zero-order valence-corrected chi connectivity index (χ0v) is 9.18. The van der Waals surface area contributed by atoms with Crippen LogP contribution in [0.4, 0.5) is 0 Å². The molecule has 0 N–H and O–H groups in total. The van der Waals surface area contributed by atoms with Crippen LogP contribution in [0.15, 0.2) is 0 Å². The van der Waals surface area contributed by atoms with Crippen LogP contribution in [0.25, 0.3) is 0 Å². The first kappa shape index (κ1) is 12.4. The number of rotatable bonds is 4. The predicted octanol–water partition coefficient (Wildman–Crippen LogP) is 0.922. The van der Waals surface area contributed by atoms with E-state index in [4.69, 9.17) is 4.84 Å². The minimum Gasteiger partial charge on any atom is -0.288 e. The summed E-state index contributed by atoms with van der Waals surface area (Å²) in [6, 6.07) is 0. The van der Waals surface area contributed by atoms with E-state index in [9.17, 15) is 9.59 Å². The van der Waals surface area contributed by atoms with E-state index in [1.54, 1.807) is 14.0 Å². The third-order valence-electron chi connectivity index (χ3n) is 1.54. The lowest BCUT2D eigenvalue weighted by Crippen LogP contribution is -2.31. The van der Waals surface area contributed by atoms with Crippen molar-refractivity contribution in [2.24, 2.45) is 5.92 Å². The molecule has 0 saturated carbocycles. The first-order chi connectivity index (χ1) is 5.99. The van der Waals surface area contributed by atoms with Crippen LogP contribution in [0.1, 0.15) is 13.8 Å².